The summed E-state index contributed by atoms with van der Waals surface area (Å²) in [6.07, 6.45) is 2.64. The second-order valence-electron chi connectivity index (χ2n) is 5.46. The highest BCUT2D eigenvalue weighted by Gasteiger charge is 2.18. The summed E-state index contributed by atoms with van der Waals surface area (Å²) in [5.41, 5.74) is 3.90. The van der Waals surface area contributed by atoms with Crippen LogP contribution in [0.5, 0.6) is 0 Å². The van der Waals surface area contributed by atoms with Crippen LogP contribution in [0.3, 0.4) is 0 Å². The van der Waals surface area contributed by atoms with Gasteiger partial charge in [0.2, 0.25) is 0 Å². The Kier molecular flexibility index (Phi) is 4.40. The molecule has 102 valence electrons. The van der Waals surface area contributed by atoms with E-state index in [9.17, 15) is 0 Å². The summed E-state index contributed by atoms with van der Waals surface area (Å²) in [6.45, 7) is 10.7. The van der Waals surface area contributed by atoms with E-state index in [1.165, 1.54) is 36.3 Å². The van der Waals surface area contributed by atoms with Gasteiger partial charge in [-0.3, -0.25) is 4.68 Å². The van der Waals surface area contributed by atoms with Gasteiger partial charge in [-0.1, -0.05) is 0 Å². The van der Waals surface area contributed by atoms with Gasteiger partial charge in [-0.05, 0) is 47.2 Å². The first-order valence-electron chi connectivity index (χ1n) is 7.06. The van der Waals surface area contributed by atoms with Gasteiger partial charge in [0, 0.05) is 36.9 Å². The monoisotopic (exact) mass is 250 g/mol. The lowest BCUT2D eigenvalue weighted by atomic mass is 10.1. The number of hydrogen-bond acceptors (Lipinski definition) is 3. The number of nitrogens with zero attached hydrogens (tertiary/aromatic N) is 3. The molecule has 0 amide bonds. The second-order valence-corrected chi connectivity index (χ2v) is 5.46. The first-order valence-corrected chi connectivity index (χ1v) is 7.06. The van der Waals surface area contributed by atoms with Crippen molar-refractivity contribution in [1.29, 1.82) is 0 Å². The lowest BCUT2D eigenvalue weighted by Crippen LogP contribution is -2.35. The molecule has 1 aliphatic rings. The molecular formula is C14H26N4. The van der Waals surface area contributed by atoms with Crippen LogP contribution in [-0.2, 0) is 13.1 Å². The Balaban J connectivity index is 1.97. The molecule has 4 nitrogen and oxygen atoms in total. The lowest BCUT2D eigenvalue weighted by molar-refractivity contribution is 0.292. The van der Waals surface area contributed by atoms with Gasteiger partial charge >= 0.3 is 0 Å². The van der Waals surface area contributed by atoms with E-state index in [0.29, 0.717) is 6.04 Å². The lowest BCUT2D eigenvalue weighted by Gasteiger charge is -2.21. The van der Waals surface area contributed by atoms with Crippen molar-refractivity contribution in [3.63, 3.8) is 0 Å². The Bertz CT molecular complexity index is 391. The quantitative estimate of drug-likeness (QED) is 0.863. The molecule has 0 aromatic carbocycles. The molecule has 1 aromatic heterocycles. The van der Waals surface area contributed by atoms with Crippen molar-refractivity contribution in [3.05, 3.63) is 17.0 Å². The average Bonchev–Trinajstić information content (AvgIpc) is 2.92. The Labute approximate surface area is 110 Å². The summed E-state index contributed by atoms with van der Waals surface area (Å²) in [7, 11) is 2.21. The highest BCUT2D eigenvalue weighted by atomic mass is 15.3. The first kappa shape index (κ1) is 13.6. The van der Waals surface area contributed by atoms with Crippen molar-refractivity contribution in [2.75, 3.05) is 20.1 Å². The number of likely N-dealkylation sites (N-methyl/N-ethyl adjacent to an activating group) is 1. The summed E-state index contributed by atoms with van der Waals surface area (Å²) in [4.78, 5) is 2.42. The topological polar surface area (TPSA) is 33.1 Å². The molecule has 2 heterocycles. The minimum atomic E-state index is 0.678. The molecule has 18 heavy (non-hydrogen) atoms. The summed E-state index contributed by atoms with van der Waals surface area (Å²) >= 11 is 0. The van der Waals surface area contributed by atoms with E-state index in [-0.39, 0.29) is 0 Å². The minimum absolute atomic E-state index is 0.678. The molecule has 0 unspecified atom stereocenters. The Morgan fingerprint density at radius 1 is 1.44 bits per heavy atom. The molecule has 1 saturated heterocycles. The largest absolute Gasteiger partial charge is 0.313 e. The fourth-order valence-corrected chi connectivity index (χ4v) is 2.89. The molecule has 0 saturated carbocycles. The van der Waals surface area contributed by atoms with Gasteiger partial charge in [-0.25, -0.2) is 0 Å². The fourth-order valence-electron chi connectivity index (χ4n) is 2.89. The Morgan fingerprint density at radius 3 is 2.78 bits per heavy atom. The van der Waals surface area contributed by atoms with E-state index in [1.54, 1.807) is 0 Å². The van der Waals surface area contributed by atoms with E-state index in [4.69, 9.17) is 0 Å². The molecule has 1 N–H and O–H groups in total. The van der Waals surface area contributed by atoms with E-state index in [0.717, 1.165) is 19.6 Å². The van der Waals surface area contributed by atoms with Crippen LogP contribution >= 0.6 is 0 Å². The van der Waals surface area contributed by atoms with Crippen molar-refractivity contribution in [2.45, 2.75) is 52.7 Å². The SMILES string of the molecule is CCn1nc(C)c(CN(C)C[C@@H]2CCCN2)c1C. The van der Waals surface area contributed by atoms with Gasteiger partial charge in [-0.2, -0.15) is 5.10 Å². The third-order valence-corrected chi connectivity index (χ3v) is 3.95. The molecule has 0 radical (unpaired) electrons. The number of aromatic nitrogens is 2. The molecule has 0 bridgehead atoms. The predicted molar refractivity (Wildman–Crippen MR) is 74.7 cm³/mol. The van der Waals surface area contributed by atoms with Crippen LogP contribution in [0.15, 0.2) is 0 Å². The van der Waals surface area contributed by atoms with Crippen molar-refractivity contribution < 1.29 is 0 Å². The van der Waals surface area contributed by atoms with Gasteiger partial charge in [0.25, 0.3) is 0 Å². The van der Waals surface area contributed by atoms with E-state index < -0.39 is 0 Å². The highest BCUT2D eigenvalue weighted by Crippen LogP contribution is 2.16. The van der Waals surface area contributed by atoms with Gasteiger partial charge in [0.1, 0.15) is 0 Å². The normalized spacial score (nSPS) is 19.9. The molecule has 1 atom stereocenters. The molecule has 2 rings (SSSR count). The number of aryl methyl sites for hydroxylation is 2. The third-order valence-electron chi connectivity index (χ3n) is 3.95. The summed E-state index contributed by atoms with van der Waals surface area (Å²) < 4.78 is 2.10. The molecular weight excluding hydrogens is 224 g/mol. The van der Waals surface area contributed by atoms with Crippen LogP contribution in [0.2, 0.25) is 0 Å². The van der Waals surface area contributed by atoms with E-state index in [2.05, 4.69) is 47.8 Å². The Hall–Kier alpha value is -0.870. The zero-order valence-electron chi connectivity index (χ0n) is 12.2. The van der Waals surface area contributed by atoms with Crippen LogP contribution in [0.1, 0.15) is 36.7 Å². The standard InChI is InChI=1S/C14H26N4/c1-5-18-12(3)14(11(2)16-18)10-17(4)9-13-7-6-8-15-13/h13,15H,5-10H2,1-4H3/t13-/m0/s1. The van der Waals surface area contributed by atoms with Crippen molar-refractivity contribution in [3.8, 4) is 0 Å². The molecule has 1 aromatic rings. The summed E-state index contributed by atoms with van der Waals surface area (Å²) in [6, 6.07) is 0.678. The van der Waals surface area contributed by atoms with Crippen molar-refractivity contribution in [2.24, 2.45) is 0 Å². The van der Waals surface area contributed by atoms with Gasteiger partial charge in [0.15, 0.2) is 0 Å². The number of hydrogen-bond donors (Lipinski definition) is 1. The number of nitrogens with one attached hydrogen (secondary N) is 1. The predicted octanol–water partition coefficient (Wildman–Crippen LogP) is 1.70. The summed E-state index contributed by atoms with van der Waals surface area (Å²) in [5, 5.41) is 8.14. The molecule has 0 spiro atoms. The molecule has 4 heteroatoms. The molecule has 0 aliphatic carbocycles. The van der Waals surface area contributed by atoms with Crippen LogP contribution in [-0.4, -0.2) is 40.9 Å². The maximum absolute atomic E-state index is 4.59. The zero-order chi connectivity index (χ0) is 13.1. The molecule has 1 fully saturated rings. The highest BCUT2D eigenvalue weighted by molar-refractivity contribution is 5.24. The van der Waals surface area contributed by atoms with Crippen LogP contribution in [0, 0.1) is 13.8 Å². The van der Waals surface area contributed by atoms with Gasteiger partial charge in [-0.15, -0.1) is 0 Å². The maximum Gasteiger partial charge on any atom is 0.0641 e. The van der Waals surface area contributed by atoms with Crippen LogP contribution in [0.25, 0.3) is 0 Å². The third kappa shape index (κ3) is 2.93. The van der Waals surface area contributed by atoms with Crippen LogP contribution < -0.4 is 5.32 Å². The smallest absolute Gasteiger partial charge is 0.0641 e. The molecule has 1 aliphatic heterocycles. The van der Waals surface area contributed by atoms with Gasteiger partial charge in [0.05, 0.1) is 5.69 Å². The Morgan fingerprint density at radius 2 is 2.22 bits per heavy atom. The second kappa shape index (κ2) is 5.85. The fraction of sp³-hybridized carbons (Fsp3) is 0.786. The maximum atomic E-state index is 4.59. The van der Waals surface area contributed by atoms with E-state index in [1.807, 2.05) is 0 Å². The summed E-state index contributed by atoms with van der Waals surface area (Å²) in [5.74, 6) is 0. The zero-order valence-corrected chi connectivity index (χ0v) is 12.2. The van der Waals surface area contributed by atoms with Gasteiger partial charge < -0.3 is 10.2 Å². The average molecular weight is 250 g/mol. The minimum Gasteiger partial charge on any atom is -0.313 e. The van der Waals surface area contributed by atoms with Crippen LogP contribution in [0.4, 0.5) is 0 Å². The number of rotatable bonds is 5. The van der Waals surface area contributed by atoms with Crippen molar-refractivity contribution in [1.82, 2.24) is 20.0 Å². The first-order chi connectivity index (χ1) is 8.61. The van der Waals surface area contributed by atoms with Crippen molar-refractivity contribution >= 4 is 0 Å². The van der Waals surface area contributed by atoms with E-state index >= 15 is 0 Å².